The summed E-state index contributed by atoms with van der Waals surface area (Å²) >= 11 is 0. The third kappa shape index (κ3) is 1.48. The Kier molecular flexibility index (Phi) is 2.00. The quantitative estimate of drug-likeness (QED) is 0.726. The third-order valence-corrected chi connectivity index (χ3v) is 2.25. The molecule has 0 aliphatic rings. The van der Waals surface area contributed by atoms with Gasteiger partial charge in [-0.2, -0.15) is 0 Å². The lowest BCUT2D eigenvalue weighted by Gasteiger charge is -2.02. The zero-order valence-electron chi connectivity index (χ0n) is 8.24. The minimum absolute atomic E-state index is 0.0666. The van der Waals surface area contributed by atoms with Crippen LogP contribution in [0.15, 0.2) is 35.1 Å². The van der Waals surface area contributed by atoms with E-state index in [4.69, 9.17) is 0 Å². The fraction of sp³-hybridized carbons (Fsp3) is 0.182. The molecule has 14 heavy (non-hydrogen) atoms. The van der Waals surface area contributed by atoms with Crippen LogP contribution in [0.4, 0.5) is 0 Å². The summed E-state index contributed by atoms with van der Waals surface area (Å²) < 4.78 is 1.73. The standard InChI is InChI=1S/C11H12N2O/c1-8-3-5-9(6-4-8)10-7-11(14)12-13(10)2/h3-7H,1-2H3,(H,12,14). The SMILES string of the molecule is Cc1ccc(-c2cc(=O)[nH]n2C)cc1. The van der Waals surface area contributed by atoms with Crippen molar-refractivity contribution >= 4 is 0 Å². The van der Waals surface area contributed by atoms with E-state index >= 15 is 0 Å². The van der Waals surface area contributed by atoms with Crippen molar-refractivity contribution in [3.05, 3.63) is 46.2 Å². The van der Waals surface area contributed by atoms with Gasteiger partial charge in [-0.3, -0.25) is 14.6 Å². The van der Waals surface area contributed by atoms with Gasteiger partial charge in [0.05, 0.1) is 5.69 Å². The predicted octanol–water partition coefficient (Wildman–Crippen LogP) is 1.69. The van der Waals surface area contributed by atoms with Gasteiger partial charge in [-0.15, -0.1) is 0 Å². The Morgan fingerprint density at radius 1 is 1.21 bits per heavy atom. The van der Waals surface area contributed by atoms with Gasteiger partial charge in [-0.05, 0) is 12.5 Å². The van der Waals surface area contributed by atoms with Gasteiger partial charge in [0.1, 0.15) is 0 Å². The Morgan fingerprint density at radius 3 is 2.36 bits per heavy atom. The maximum atomic E-state index is 11.1. The molecule has 0 atom stereocenters. The van der Waals surface area contributed by atoms with E-state index in [0.29, 0.717) is 0 Å². The molecular weight excluding hydrogens is 176 g/mol. The Morgan fingerprint density at radius 2 is 1.86 bits per heavy atom. The smallest absolute Gasteiger partial charge is 0.264 e. The van der Waals surface area contributed by atoms with Crippen LogP contribution in [-0.2, 0) is 7.05 Å². The highest BCUT2D eigenvalue weighted by Gasteiger charge is 2.02. The fourth-order valence-electron chi connectivity index (χ4n) is 1.48. The van der Waals surface area contributed by atoms with Crippen molar-refractivity contribution in [2.75, 3.05) is 0 Å². The molecule has 72 valence electrons. The van der Waals surface area contributed by atoms with E-state index in [2.05, 4.69) is 5.10 Å². The van der Waals surface area contributed by atoms with Crippen LogP contribution in [0.2, 0.25) is 0 Å². The topological polar surface area (TPSA) is 37.8 Å². The number of aromatic amines is 1. The number of hydrogen-bond acceptors (Lipinski definition) is 1. The number of aromatic nitrogens is 2. The van der Waals surface area contributed by atoms with Crippen LogP contribution in [0, 0.1) is 6.92 Å². The molecule has 0 radical (unpaired) electrons. The van der Waals surface area contributed by atoms with Gasteiger partial charge in [-0.25, -0.2) is 0 Å². The number of H-pyrrole nitrogens is 1. The van der Waals surface area contributed by atoms with Crippen molar-refractivity contribution in [3.63, 3.8) is 0 Å². The predicted molar refractivity (Wildman–Crippen MR) is 56.2 cm³/mol. The molecule has 1 N–H and O–H groups in total. The molecule has 0 fully saturated rings. The minimum Gasteiger partial charge on any atom is -0.288 e. The summed E-state index contributed by atoms with van der Waals surface area (Å²) in [6, 6.07) is 9.69. The first kappa shape index (κ1) is 8.81. The zero-order chi connectivity index (χ0) is 10.1. The van der Waals surface area contributed by atoms with Crippen LogP contribution in [0.5, 0.6) is 0 Å². The van der Waals surface area contributed by atoms with E-state index in [9.17, 15) is 4.79 Å². The highest BCUT2D eigenvalue weighted by Crippen LogP contribution is 2.16. The molecule has 1 aromatic heterocycles. The van der Waals surface area contributed by atoms with Crippen LogP contribution in [0.3, 0.4) is 0 Å². The monoisotopic (exact) mass is 188 g/mol. The maximum absolute atomic E-state index is 11.1. The van der Waals surface area contributed by atoms with Gasteiger partial charge >= 0.3 is 0 Å². The van der Waals surface area contributed by atoms with Crippen LogP contribution < -0.4 is 5.56 Å². The second-order valence-corrected chi connectivity index (χ2v) is 3.43. The molecule has 0 bridgehead atoms. The molecule has 0 spiro atoms. The molecule has 1 heterocycles. The molecular formula is C11H12N2O. The molecule has 0 amide bonds. The van der Waals surface area contributed by atoms with E-state index in [1.165, 1.54) is 5.56 Å². The van der Waals surface area contributed by atoms with Crippen molar-refractivity contribution in [1.82, 2.24) is 9.78 Å². The zero-order valence-corrected chi connectivity index (χ0v) is 8.24. The first-order chi connectivity index (χ1) is 6.66. The Balaban J connectivity index is 2.54. The number of rotatable bonds is 1. The van der Waals surface area contributed by atoms with Gasteiger partial charge < -0.3 is 0 Å². The highest BCUT2D eigenvalue weighted by atomic mass is 16.1. The summed E-state index contributed by atoms with van der Waals surface area (Å²) in [6.07, 6.45) is 0. The normalized spacial score (nSPS) is 10.4. The lowest BCUT2D eigenvalue weighted by molar-refractivity contribution is 0.764. The van der Waals surface area contributed by atoms with Gasteiger partial charge in [0.15, 0.2) is 0 Å². The Labute approximate surface area is 82.0 Å². The van der Waals surface area contributed by atoms with Crippen LogP contribution in [-0.4, -0.2) is 9.78 Å². The van der Waals surface area contributed by atoms with Crippen LogP contribution in [0.1, 0.15) is 5.56 Å². The lowest BCUT2D eigenvalue weighted by Crippen LogP contribution is -2.00. The van der Waals surface area contributed by atoms with Gasteiger partial charge in [0, 0.05) is 13.1 Å². The van der Waals surface area contributed by atoms with E-state index in [-0.39, 0.29) is 5.56 Å². The van der Waals surface area contributed by atoms with Crippen molar-refractivity contribution < 1.29 is 0 Å². The molecule has 3 nitrogen and oxygen atoms in total. The average Bonchev–Trinajstić information content (AvgIpc) is 2.47. The van der Waals surface area contributed by atoms with E-state index in [1.807, 2.05) is 38.2 Å². The molecule has 1 aromatic carbocycles. The summed E-state index contributed by atoms with van der Waals surface area (Å²) in [5, 5.41) is 2.68. The molecule has 0 aliphatic heterocycles. The molecule has 0 saturated heterocycles. The lowest BCUT2D eigenvalue weighted by atomic mass is 10.1. The average molecular weight is 188 g/mol. The largest absolute Gasteiger partial charge is 0.288 e. The van der Waals surface area contributed by atoms with E-state index in [0.717, 1.165) is 11.3 Å². The summed E-state index contributed by atoms with van der Waals surface area (Å²) in [6.45, 7) is 2.04. The summed E-state index contributed by atoms with van der Waals surface area (Å²) in [5.41, 5.74) is 3.11. The molecule has 3 heteroatoms. The first-order valence-corrected chi connectivity index (χ1v) is 4.50. The summed E-state index contributed by atoms with van der Waals surface area (Å²) in [4.78, 5) is 11.1. The van der Waals surface area contributed by atoms with Crippen LogP contribution in [0.25, 0.3) is 11.3 Å². The molecule has 2 aromatic rings. The van der Waals surface area contributed by atoms with Gasteiger partial charge in [0.2, 0.25) is 0 Å². The highest BCUT2D eigenvalue weighted by molar-refractivity contribution is 5.59. The minimum atomic E-state index is -0.0666. The molecule has 0 saturated carbocycles. The van der Waals surface area contributed by atoms with Crippen molar-refractivity contribution in [3.8, 4) is 11.3 Å². The molecule has 0 unspecified atom stereocenters. The van der Waals surface area contributed by atoms with E-state index < -0.39 is 0 Å². The first-order valence-electron chi connectivity index (χ1n) is 4.50. The summed E-state index contributed by atoms with van der Waals surface area (Å²) in [7, 11) is 1.83. The second kappa shape index (κ2) is 3.18. The summed E-state index contributed by atoms with van der Waals surface area (Å²) in [5.74, 6) is 0. The van der Waals surface area contributed by atoms with Gasteiger partial charge in [-0.1, -0.05) is 29.8 Å². The maximum Gasteiger partial charge on any atom is 0.264 e. The number of nitrogens with zero attached hydrogens (tertiary/aromatic N) is 1. The van der Waals surface area contributed by atoms with Crippen LogP contribution >= 0.6 is 0 Å². The molecule has 0 aliphatic carbocycles. The Hall–Kier alpha value is -1.77. The molecule has 2 rings (SSSR count). The van der Waals surface area contributed by atoms with Crippen molar-refractivity contribution in [2.45, 2.75) is 6.92 Å². The number of benzene rings is 1. The number of hydrogen-bond donors (Lipinski definition) is 1. The number of aryl methyl sites for hydroxylation is 2. The van der Waals surface area contributed by atoms with E-state index in [1.54, 1.807) is 10.7 Å². The number of nitrogens with one attached hydrogen (secondary N) is 1. The van der Waals surface area contributed by atoms with Crippen molar-refractivity contribution in [1.29, 1.82) is 0 Å². The Bertz CT molecular complexity index is 491. The van der Waals surface area contributed by atoms with Crippen molar-refractivity contribution in [2.24, 2.45) is 7.05 Å². The second-order valence-electron chi connectivity index (χ2n) is 3.43. The van der Waals surface area contributed by atoms with Gasteiger partial charge in [0.25, 0.3) is 5.56 Å². The third-order valence-electron chi connectivity index (χ3n) is 2.25. The fourth-order valence-corrected chi connectivity index (χ4v) is 1.48.